The Hall–Kier alpha value is -2.97. The summed E-state index contributed by atoms with van der Waals surface area (Å²) in [4.78, 5) is 36.7. The minimum atomic E-state index is -0.468. The number of hydroxylamine groups is 1. The number of allylic oxidation sites excluding steroid dienone is 4. The summed E-state index contributed by atoms with van der Waals surface area (Å²) in [7, 11) is 1.32. The van der Waals surface area contributed by atoms with E-state index >= 15 is 0 Å². The largest absolute Gasteiger partial charge is 0.465 e. The van der Waals surface area contributed by atoms with E-state index in [-0.39, 0.29) is 11.8 Å². The molecule has 1 aliphatic rings. The second-order valence-corrected chi connectivity index (χ2v) is 7.06. The van der Waals surface area contributed by atoms with Crippen LogP contribution in [0.3, 0.4) is 0 Å². The number of hydrogen-bond donors (Lipinski definition) is 2. The van der Waals surface area contributed by atoms with Gasteiger partial charge in [-0.15, -0.1) is 11.3 Å². The number of thiophene rings is 1. The highest BCUT2D eigenvalue weighted by Crippen LogP contribution is 2.28. The van der Waals surface area contributed by atoms with Gasteiger partial charge in [0.1, 0.15) is 5.84 Å². The summed E-state index contributed by atoms with van der Waals surface area (Å²) in [5.41, 5.74) is 5.30. The van der Waals surface area contributed by atoms with Crippen molar-refractivity contribution in [3.8, 4) is 0 Å². The first kappa shape index (κ1) is 19.8. The molecule has 0 saturated heterocycles. The molecular weight excluding hydrogens is 378 g/mol. The van der Waals surface area contributed by atoms with Crippen LogP contribution in [0.25, 0.3) is 10.2 Å². The summed E-state index contributed by atoms with van der Waals surface area (Å²) < 4.78 is 5.64. The molecule has 1 aliphatic heterocycles. The Bertz CT molecular complexity index is 1050. The van der Waals surface area contributed by atoms with Crippen LogP contribution in [-0.2, 0) is 16.0 Å². The Balaban J connectivity index is 1.76. The number of aromatic amines is 1. The number of carbonyl (C=O) groups excluding carboxylic acids is 1. The molecule has 1 atom stereocenters. The number of methoxy groups -OCH3 is 1. The van der Waals surface area contributed by atoms with Crippen molar-refractivity contribution in [3.63, 3.8) is 0 Å². The number of esters is 1. The van der Waals surface area contributed by atoms with E-state index in [1.54, 1.807) is 17.5 Å². The van der Waals surface area contributed by atoms with Crippen molar-refractivity contribution in [2.24, 2.45) is 4.99 Å². The minimum absolute atomic E-state index is 0.255. The molecule has 0 saturated carbocycles. The number of H-pyrrole nitrogens is 1. The number of nitrogens with one attached hydrogen (secondary N) is 2. The number of fused-ring (bicyclic) bond motifs is 1. The van der Waals surface area contributed by atoms with Gasteiger partial charge in [0.25, 0.3) is 0 Å². The normalized spacial score (nSPS) is 17.0. The number of carbonyl (C=O) groups is 1. The summed E-state index contributed by atoms with van der Waals surface area (Å²) in [5.74, 6) is 0.244. The number of nitrogens with zero attached hydrogens (tertiary/aromatic N) is 1. The Labute approximate surface area is 166 Å². The number of aryl methyl sites for hydroxylation is 1. The molecule has 0 radical (unpaired) electrons. The fourth-order valence-electron chi connectivity index (χ4n) is 2.80. The number of aromatic nitrogens is 1. The van der Waals surface area contributed by atoms with E-state index in [4.69, 9.17) is 9.57 Å². The maximum Gasteiger partial charge on any atom is 0.340 e. The lowest BCUT2D eigenvalue weighted by atomic mass is 10.1. The van der Waals surface area contributed by atoms with Crippen molar-refractivity contribution in [1.82, 2.24) is 10.5 Å². The minimum Gasteiger partial charge on any atom is -0.465 e. The van der Waals surface area contributed by atoms with Crippen molar-refractivity contribution in [1.29, 1.82) is 0 Å². The number of rotatable bonds is 7. The van der Waals surface area contributed by atoms with Crippen LogP contribution in [0.1, 0.15) is 29.3 Å². The smallest absolute Gasteiger partial charge is 0.340 e. The predicted molar refractivity (Wildman–Crippen MR) is 111 cm³/mol. The van der Waals surface area contributed by atoms with Gasteiger partial charge in [-0.25, -0.2) is 14.6 Å². The Morgan fingerprint density at radius 1 is 1.43 bits per heavy atom. The van der Waals surface area contributed by atoms with E-state index < -0.39 is 5.97 Å². The van der Waals surface area contributed by atoms with Crippen LogP contribution in [0.4, 0.5) is 0 Å². The maximum atomic E-state index is 12.0. The van der Waals surface area contributed by atoms with E-state index in [1.165, 1.54) is 18.4 Å². The molecule has 146 valence electrons. The van der Waals surface area contributed by atoms with Crippen LogP contribution in [0.2, 0.25) is 0 Å². The number of aliphatic imine (C=N–C) groups is 1. The SMILES string of the molecule is C=C/C=C\C=C(/C)C1N=C(CCc2cc(=O)[nH]c3c(C(=O)OC)csc23)NO1. The number of pyridine rings is 1. The van der Waals surface area contributed by atoms with Crippen LogP contribution in [-0.4, -0.2) is 30.1 Å². The summed E-state index contributed by atoms with van der Waals surface area (Å²) in [6, 6.07) is 1.55. The van der Waals surface area contributed by atoms with Gasteiger partial charge in [0.05, 0.1) is 22.9 Å². The molecule has 2 N–H and O–H groups in total. The lowest BCUT2D eigenvalue weighted by Gasteiger charge is -2.05. The topological polar surface area (TPSA) is 92.8 Å². The molecule has 1 unspecified atom stereocenters. The highest BCUT2D eigenvalue weighted by atomic mass is 32.1. The van der Waals surface area contributed by atoms with Crippen LogP contribution in [0.5, 0.6) is 0 Å². The standard InChI is InChI=1S/C20H21N3O4S/c1-4-5-6-7-12(2)19-21-15(23-27-19)9-8-13-10-16(24)22-17-14(20(25)26-3)11-28-18(13)17/h4-7,10-11,19H,1,8-9H2,2-3H3,(H,21,23)(H,22,24)/b6-5-,12-7+. The summed E-state index contributed by atoms with van der Waals surface area (Å²) >= 11 is 1.40. The molecule has 28 heavy (non-hydrogen) atoms. The van der Waals surface area contributed by atoms with Crippen molar-refractivity contribution in [2.45, 2.75) is 26.0 Å². The zero-order chi connectivity index (χ0) is 20.1. The van der Waals surface area contributed by atoms with Gasteiger partial charge >= 0.3 is 5.97 Å². The fourth-order valence-corrected chi connectivity index (χ4v) is 3.84. The van der Waals surface area contributed by atoms with Gasteiger partial charge in [-0.1, -0.05) is 30.9 Å². The van der Waals surface area contributed by atoms with E-state index in [2.05, 4.69) is 22.0 Å². The lowest BCUT2D eigenvalue weighted by molar-refractivity contribution is 0.0599. The molecule has 3 rings (SSSR count). The van der Waals surface area contributed by atoms with Gasteiger partial charge in [0.2, 0.25) is 5.56 Å². The van der Waals surface area contributed by atoms with Crippen LogP contribution >= 0.6 is 11.3 Å². The first-order valence-electron chi connectivity index (χ1n) is 8.69. The quantitative estimate of drug-likeness (QED) is 0.551. The first-order valence-corrected chi connectivity index (χ1v) is 9.57. The zero-order valence-corrected chi connectivity index (χ0v) is 16.5. The Morgan fingerprint density at radius 2 is 2.25 bits per heavy atom. The fraction of sp³-hybridized carbons (Fsp3) is 0.250. The monoisotopic (exact) mass is 399 g/mol. The van der Waals surface area contributed by atoms with Crippen LogP contribution in [0.15, 0.2) is 57.7 Å². The molecule has 0 fully saturated rings. The molecule has 8 heteroatoms. The molecule has 3 heterocycles. The third-order valence-corrected chi connectivity index (χ3v) is 5.29. The van der Waals surface area contributed by atoms with Gasteiger partial charge in [-0.2, -0.15) is 0 Å². The highest BCUT2D eigenvalue weighted by Gasteiger charge is 2.20. The van der Waals surface area contributed by atoms with Crippen molar-refractivity contribution in [2.75, 3.05) is 7.11 Å². The number of amidine groups is 1. The summed E-state index contributed by atoms with van der Waals surface area (Å²) in [5, 5.41) is 1.70. The van der Waals surface area contributed by atoms with E-state index in [1.807, 2.05) is 25.2 Å². The molecule has 0 aliphatic carbocycles. The van der Waals surface area contributed by atoms with E-state index in [0.717, 1.165) is 15.8 Å². The highest BCUT2D eigenvalue weighted by molar-refractivity contribution is 7.17. The molecule has 2 aromatic rings. The molecule has 0 amide bonds. The summed E-state index contributed by atoms with van der Waals surface area (Å²) in [6.07, 6.45) is 8.11. The molecular formula is C20H21N3O4S. The zero-order valence-electron chi connectivity index (χ0n) is 15.7. The van der Waals surface area contributed by atoms with Gasteiger partial charge in [0, 0.05) is 17.9 Å². The van der Waals surface area contributed by atoms with Crippen molar-refractivity contribution in [3.05, 3.63) is 69.4 Å². The van der Waals surface area contributed by atoms with Crippen LogP contribution < -0.4 is 11.0 Å². The third kappa shape index (κ3) is 4.29. The number of ether oxygens (including phenoxy) is 1. The lowest BCUT2D eigenvalue weighted by Crippen LogP contribution is -2.19. The second kappa shape index (κ2) is 8.81. The van der Waals surface area contributed by atoms with Crippen LogP contribution in [0, 0.1) is 0 Å². The van der Waals surface area contributed by atoms with E-state index in [9.17, 15) is 9.59 Å². The maximum absolute atomic E-state index is 12.0. The average Bonchev–Trinajstić information content (AvgIpc) is 3.32. The Kier molecular flexibility index (Phi) is 6.23. The van der Waals surface area contributed by atoms with Crippen molar-refractivity contribution < 1.29 is 14.4 Å². The third-order valence-electron chi connectivity index (χ3n) is 4.23. The van der Waals surface area contributed by atoms with Gasteiger partial charge in [-0.05, 0) is 24.5 Å². The second-order valence-electron chi connectivity index (χ2n) is 6.18. The molecule has 0 spiro atoms. The van der Waals surface area contributed by atoms with Gasteiger partial charge < -0.3 is 9.72 Å². The average molecular weight is 399 g/mol. The molecule has 0 bridgehead atoms. The first-order chi connectivity index (χ1) is 13.5. The van der Waals surface area contributed by atoms with Crippen molar-refractivity contribution >= 4 is 33.4 Å². The molecule has 7 nitrogen and oxygen atoms in total. The Morgan fingerprint density at radius 3 is 3.00 bits per heavy atom. The summed E-state index contributed by atoms with van der Waals surface area (Å²) in [6.45, 7) is 5.56. The van der Waals surface area contributed by atoms with Gasteiger partial charge in [-0.3, -0.25) is 10.3 Å². The number of hydrogen-bond acceptors (Lipinski definition) is 7. The predicted octanol–water partition coefficient (Wildman–Crippen LogP) is 3.26. The molecule has 2 aromatic heterocycles. The molecule has 0 aromatic carbocycles. The van der Waals surface area contributed by atoms with E-state index in [0.29, 0.717) is 29.8 Å². The van der Waals surface area contributed by atoms with Gasteiger partial charge in [0.15, 0.2) is 6.23 Å².